The molecule has 0 fully saturated rings. The highest BCUT2D eigenvalue weighted by molar-refractivity contribution is 6.10. The van der Waals surface area contributed by atoms with Crippen molar-refractivity contribution in [2.45, 2.75) is 25.9 Å². The monoisotopic (exact) mass is 325 g/mol. The van der Waals surface area contributed by atoms with E-state index in [2.05, 4.69) is 5.32 Å². The van der Waals surface area contributed by atoms with E-state index in [0.29, 0.717) is 22.6 Å². The van der Waals surface area contributed by atoms with Crippen molar-refractivity contribution in [3.63, 3.8) is 0 Å². The summed E-state index contributed by atoms with van der Waals surface area (Å²) in [5, 5.41) is 13.7. The molecule has 3 rings (SSSR count). The maximum Gasteiger partial charge on any atom is 0.261 e. The average molecular weight is 325 g/mol. The third-order valence-corrected chi connectivity index (χ3v) is 4.36. The Morgan fingerprint density at radius 2 is 1.96 bits per heavy atom. The van der Waals surface area contributed by atoms with Crippen molar-refractivity contribution in [2.75, 3.05) is 12.4 Å². The van der Waals surface area contributed by atoms with Gasteiger partial charge in [0, 0.05) is 5.56 Å². The van der Waals surface area contributed by atoms with Gasteiger partial charge in [0.05, 0.1) is 24.8 Å². The molecule has 2 N–H and O–H groups in total. The number of methoxy groups -OCH3 is 1. The van der Waals surface area contributed by atoms with Crippen molar-refractivity contribution in [3.05, 3.63) is 58.7 Å². The Morgan fingerprint density at radius 3 is 2.67 bits per heavy atom. The van der Waals surface area contributed by atoms with Crippen LogP contribution in [0.5, 0.6) is 5.75 Å². The number of carbonyl (C=O) groups excluding carboxylic acids is 2. The summed E-state index contributed by atoms with van der Waals surface area (Å²) in [6.07, 6.45) is -0.338. The van der Waals surface area contributed by atoms with Crippen LogP contribution in [0, 0.1) is 13.8 Å². The summed E-state index contributed by atoms with van der Waals surface area (Å²) < 4.78 is 5.20. The number of hydrogen-bond donors (Lipinski definition) is 2. The second-order valence-electron chi connectivity index (χ2n) is 6.12. The van der Waals surface area contributed by atoms with Gasteiger partial charge in [-0.2, -0.15) is 0 Å². The van der Waals surface area contributed by atoms with Crippen LogP contribution in [0.15, 0.2) is 36.4 Å². The lowest BCUT2D eigenvalue weighted by molar-refractivity contribution is -0.133. The highest BCUT2D eigenvalue weighted by atomic mass is 16.5. The molecule has 1 aliphatic heterocycles. The molecule has 5 nitrogen and oxygen atoms in total. The number of ketones is 1. The van der Waals surface area contributed by atoms with Crippen molar-refractivity contribution in [3.8, 4) is 5.75 Å². The molecular weight excluding hydrogens is 306 g/mol. The van der Waals surface area contributed by atoms with E-state index in [4.69, 9.17) is 4.74 Å². The highest BCUT2D eigenvalue weighted by Gasteiger charge is 2.47. The molecule has 0 saturated carbocycles. The summed E-state index contributed by atoms with van der Waals surface area (Å²) in [4.78, 5) is 25.1. The summed E-state index contributed by atoms with van der Waals surface area (Å²) in [7, 11) is 1.48. The molecule has 1 aliphatic rings. The molecule has 0 unspecified atom stereocenters. The van der Waals surface area contributed by atoms with Crippen molar-refractivity contribution in [2.24, 2.45) is 0 Å². The second kappa shape index (κ2) is 5.76. The van der Waals surface area contributed by atoms with Crippen molar-refractivity contribution in [1.29, 1.82) is 0 Å². The zero-order chi connectivity index (χ0) is 17.5. The van der Waals surface area contributed by atoms with Crippen molar-refractivity contribution >= 4 is 17.4 Å². The summed E-state index contributed by atoms with van der Waals surface area (Å²) in [5.41, 5.74) is 1.29. The quantitative estimate of drug-likeness (QED) is 0.848. The normalized spacial score (nSPS) is 18.9. The van der Waals surface area contributed by atoms with Gasteiger partial charge >= 0.3 is 0 Å². The van der Waals surface area contributed by atoms with Crippen LogP contribution >= 0.6 is 0 Å². The first-order valence-corrected chi connectivity index (χ1v) is 7.68. The summed E-state index contributed by atoms with van der Waals surface area (Å²) in [6, 6.07) is 10.4. The molecule has 0 bridgehead atoms. The molecule has 2 aromatic rings. The molecule has 1 amide bonds. The maximum atomic E-state index is 12.7. The standard InChI is InChI=1S/C19H19NO4/c1-11-8-12(2)17-14(9-11)19(23,18(22)20-17)10-15(21)13-6-4-5-7-16(13)24-3/h4-9,23H,10H2,1-3H3,(H,20,22)/t19-/m1/s1. The van der Waals surface area contributed by atoms with Crippen LogP contribution in [0.3, 0.4) is 0 Å². The van der Waals surface area contributed by atoms with Gasteiger partial charge in [-0.3, -0.25) is 9.59 Å². The van der Waals surface area contributed by atoms with Crippen LogP contribution in [0.4, 0.5) is 5.69 Å². The first-order chi connectivity index (χ1) is 11.4. The SMILES string of the molecule is COc1ccccc1C(=O)C[C@]1(O)C(=O)Nc2c(C)cc(C)cc21. The van der Waals surface area contributed by atoms with E-state index in [1.807, 2.05) is 19.9 Å². The van der Waals surface area contributed by atoms with Crippen LogP contribution in [0.1, 0.15) is 33.5 Å². The van der Waals surface area contributed by atoms with Crippen LogP contribution in [0.25, 0.3) is 0 Å². The minimum atomic E-state index is -1.87. The van der Waals surface area contributed by atoms with Crippen LogP contribution in [0.2, 0.25) is 0 Å². The molecule has 2 aromatic carbocycles. The molecule has 0 aliphatic carbocycles. The Morgan fingerprint density at radius 1 is 1.25 bits per heavy atom. The number of aliphatic hydroxyl groups is 1. The summed E-state index contributed by atoms with van der Waals surface area (Å²) >= 11 is 0. The summed E-state index contributed by atoms with van der Waals surface area (Å²) in [5.74, 6) is -0.503. The zero-order valence-electron chi connectivity index (χ0n) is 13.8. The van der Waals surface area contributed by atoms with E-state index in [0.717, 1.165) is 11.1 Å². The van der Waals surface area contributed by atoms with Crippen molar-refractivity contribution in [1.82, 2.24) is 0 Å². The zero-order valence-corrected chi connectivity index (χ0v) is 13.8. The van der Waals surface area contributed by atoms with Gasteiger partial charge in [0.25, 0.3) is 5.91 Å². The fourth-order valence-electron chi connectivity index (χ4n) is 3.18. The predicted molar refractivity (Wildman–Crippen MR) is 90.4 cm³/mol. The van der Waals surface area contributed by atoms with E-state index >= 15 is 0 Å². The minimum absolute atomic E-state index is 0.338. The van der Waals surface area contributed by atoms with Gasteiger partial charge in [-0.15, -0.1) is 0 Å². The molecule has 5 heteroatoms. The van der Waals surface area contributed by atoms with Gasteiger partial charge in [0.15, 0.2) is 11.4 Å². The Kier molecular flexibility index (Phi) is 3.89. The Balaban J connectivity index is 2.01. The third kappa shape index (κ3) is 2.47. The number of para-hydroxylation sites is 1. The molecule has 1 heterocycles. The number of Topliss-reactive ketones (excluding diaryl/α,β-unsaturated/α-hetero) is 1. The van der Waals surface area contributed by atoms with E-state index in [9.17, 15) is 14.7 Å². The number of benzene rings is 2. The number of amides is 1. The number of fused-ring (bicyclic) bond motifs is 1. The second-order valence-corrected chi connectivity index (χ2v) is 6.12. The number of hydrogen-bond acceptors (Lipinski definition) is 4. The van der Waals surface area contributed by atoms with Crippen LogP contribution in [-0.4, -0.2) is 23.9 Å². The number of rotatable bonds is 4. The molecular formula is C19H19NO4. The van der Waals surface area contributed by atoms with Gasteiger partial charge in [-0.1, -0.05) is 29.8 Å². The summed E-state index contributed by atoms with van der Waals surface area (Å²) in [6.45, 7) is 3.75. The minimum Gasteiger partial charge on any atom is -0.496 e. The lowest BCUT2D eigenvalue weighted by Gasteiger charge is -2.21. The first kappa shape index (κ1) is 16.2. The first-order valence-electron chi connectivity index (χ1n) is 7.68. The highest BCUT2D eigenvalue weighted by Crippen LogP contribution is 2.41. The Hall–Kier alpha value is -2.66. The average Bonchev–Trinajstić information content (AvgIpc) is 2.79. The maximum absolute atomic E-state index is 12.7. The molecule has 0 aromatic heterocycles. The fraction of sp³-hybridized carbons (Fsp3) is 0.263. The number of anilines is 1. The van der Waals surface area contributed by atoms with Crippen molar-refractivity contribution < 1.29 is 19.4 Å². The molecule has 24 heavy (non-hydrogen) atoms. The topological polar surface area (TPSA) is 75.6 Å². The molecule has 124 valence electrons. The largest absolute Gasteiger partial charge is 0.496 e. The number of ether oxygens (including phenoxy) is 1. The van der Waals surface area contributed by atoms with E-state index in [1.54, 1.807) is 30.3 Å². The fourth-order valence-corrected chi connectivity index (χ4v) is 3.18. The number of aryl methyl sites for hydroxylation is 2. The van der Waals surface area contributed by atoms with Gasteiger partial charge in [0.2, 0.25) is 0 Å². The molecule has 1 atom stereocenters. The van der Waals surface area contributed by atoms with Crippen LogP contribution in [-0.2, 0) is 10.4 Å². The third-order valence-electron chi connectivity index (χ3n) is 4.36. The van der Waals surface area contributed by atoms with Gasteiger partial charge in [-0.25, -0.2) is 0 Å². The van der Waals surface area contributed by atoms with E-state index in [1.165, 1.54) is 7.11 Å². The van der Waals surface area contributed by atoms with E-state index < -0.39 is 11.5 Å². The molecule has 0 radical (unpaired) electrons. The van der Waals surface area contributed by atoms with E-state index in [-0.39, 0.29) is 12.2 Å². The Labute approximate surface area is 140 Å². The lowest BCUT2D eigenvalue weighted by Crippen LogP contribution is -2.36. The molecule has 0 saturated heterocycles. The Bertz CT molecular complexity index is 843. The van der Waals surface area contributed by atoms with Gasteiger partial charge < -0.3 is 15.2 Å². The predicted octanol–water partition coefficient (Wildman–Crippen LogP) is 2.72. The number of nitrogens with one attached hydrogen (secondary N) is 1. The number of carbonyl (C=O) groups is 2. The van der Waals surface area contributed by atoms with Gasteiger partial charge in [-0.05, 0) is 31.5 Å². The molecule has 0 spiro atoms. The smallest absolute Gasteiger partial charge is 0.261 e. The lowest BCUT2D eigenvalue weighted by atomic mass is 9.86. The van der Waals surface area contributed by atoms with Gasteiger partial charge in [0.1, 0.15) is 5.75 Å². The van der Waals surface area contributed by atoms with Crippen LogP contribution < -0.4 is 10.1 Å².